The quantitative estimate of drug-likeness (QED) is 0.0192. The number of carbonyl (C=O) groups is 6. The first-order chi connectivity index (χ1) is 37.5. The SMILES string of the molecule is COC1=Cc2cccc3cccc(c23)[C@@H]1/C(=C\C(=O)CC(=O)/C=C(/OC(=O)[C@H](CCSC)NC(=O)OCc1ccccc1)[C@@H]1C(OC)=Cc2cccc3cccc1c23)OC(=O)[C@H](CCSC)NC(=O)OCc1ccccc1. The smallest absolute Gasteiger partial charge is 0.408 e. The lowest BCUT2D eigenvalue weighted by Gasteiger charge is -2.29. The van der Waals surface area contributed by atoms with Crippen LogP contribution < -0.4 is 10.6 Å². The number of alkyl carbamates (subject to hydrolysis) is 2. The Labute approximate surface area is 455 Å². The van der Waals surface area contributed by atoms with Gasteiger partial charge in [0.1, 0.15) is 60.2 Å². The minimum atomic E-state index is -1.21. The molecule has 6 aromatic rings. The van der Waals surface area contributed by atoms with Crippen LogP contribution in [0.25, 0.3) is 33.7 Å². The summed E-state index contributed by atoms with van der Waals surface area (Å²) in [5.41, 5.74) is 4.50. The molecule has 2 amide bonds. The molecule has 4 atom stereocenters. The molecule has 0 heterocycles. The van der Waals surface area contributed by atoms with Gasteiger partial charge in [-0.1, -0.05) is 133 Å². The van der Waals surface area contributed by atoms with Gasteiger partial charge in [0, 0.05) is 12.2 Å². The molecule has 2 N–H and O–H groups in total. The Balaban J connectivity index is 1.13. The first-order valence-electron chi connectivity index (χ1n) is 24.9. The zero-order chi connectivity index (χ0) is 54.3. The van der Waals surface area contributed by atoms with Gasteiger partial charge in [-0.3, -0.25) is 9.59 Å². The van der Waals surface area contributed by atoms with E-state index < -0.39 is 66.0 Å². The Morgan fingerprint density at radius 3 is 1.29 bits per heavy atom. The highest BCUT2D eigenvalue weighted by atomic mass is 32.2. The minimum Gasteiger partial charge on any atom is -0.500 e. The number of hydrogen-bond donors (Lipinski definition) is 2. The lowest BCUT2D eigenvalue weighted by atomic mass is 9.83. The normalized spacial score (nSPS) is 15.5. The Bertz CT molecular complexity index is 3050. The van der Waals surface area contributed by atoms with Crippen LogP contribution >= 0.6 is 23.5 Å². The van der Waals surface area contributed by atoms with Crippen LogP contribution in [-0.2, 0) is 60.8 Å². The largest absolute Gasteiger partial charge is 0.500 e. The van der Waals surface area contributed by atoms with Crippen molar-refractivity contribution in [3.63, 3.8) is 0 Å². The maximum absolute atomic E-state index is 14.6. The summed E-state index contributed by atoms with van der Waals surface area (Å²) in [6.07, 6.45) is 7.36. The van der Waals surface area contributed by atoms with Crippen molar-refractivity contribution in [2.75, 3.05) is 38.2 Å². The van der Waals surface area contributed by atoms with Crippen LogP contribution in [0.2, 0.25) is 0 Å². The molecule has 8 rings (SSSR count). The van der Waals surface area contributed by atoms with Crippen molar-refractivity contribution < 1.29 is 57.2 Å². The second kappa shape index (κ2) is 26.6. The van der Waals surface area contributed by atoms with Crippen molar-refractivity contribution in [3.05, 3.63) is 202 Å². The van der Waals surface area contributed by atoms with Gasteiger partial charge in [0.05, 0.1) is 20.6 Å². The molecule has 0 saturated heterocycles. The average Bonchev–Trinajstić information content (AvgIpc) is 3.46. The highest BCUT2D eigenvalue weighted by Crippen LogP contribution is 2.45. The summed E-state index contributed by atoms with van der Waals surface area (Å²) in [6, 6.07) is 38.6. The number of ether oxygens (including phenoxy) is 6. The van der Waals surface area contributed by atoms with Crippen molar-refractivity contribution in [1.29, 1.82) is 0 Å². The van der Waals surface area contributed by atoms with Gasteiger partial charge in [0.2, 0.25) is 0 Å². The molecule has 0 aromatic heterocycles. The van der Waals surface area contributed by atoms with Gasteiger partial charge in [0.25, 0.3) is 0 Å². The second-order valence-corrected chi connectivity index (χ2v) is 20.0. The molecule has 0 radical (unpaired) electrons. The monoisotopic (exact) mass is 1070 g/mol. The summed E-state index contributed by atoms with van der Waals surface area (Å²) < 4.78 is 35.3. The molecule has 16 heteroatoms. The average molecular weight is 1080 g/mol. The van der Waals surface area contributed by atoms with E-state index >= 15 is 0 Å². The number of amides is 2. The van der Waals surface area contributed by atoms with E-state index in [0.29, 0.717) is 34.2 Å². The van der Waals surface area contributed by atoms with Crippen molar-refractivity contribution in [2.45, 2.75) is 56.4 Å². The van der Waals surface area contributed by atoms with Crippen molar-refractivity contribution in [2.24, 2.45) is 0 Å². The van der Waals surface area contributed by atoms with Crippen LogP contribution in [0.5, 0.6) is 0 Å². The van der Waals surface area contributed by atoms with Crippen LogP contribution in [0.1, 0.15) is 64.5 Å². The molecular weight excluding hydrogens is 1020 g/mol. The molecule has 2 aliphatic carbocycles. The number of ketones is 2. The Hall–Kier alpha value is -8.08. The predicted octanol–water partition coefficient (Wildman–Crippen LogP) is 11.3. The molecular formula is C61H58N2O12S2. The van der Waals surface area contributed by atoms with Crippen LogP contribution in [-0.4, -0.2) is 86.0 Å². The first-order valence-corrected chi connectivity index (χ1v) is 27.7. The first kappa shape index (κ1) is 55.2. The van der Waals surface area contributed by atoms with Gasteiger partial charge in [-0.25, -0.2) is 19.2 Å². The summed E-state index contributed by atoms with van der Waals surface area (Å²) in [5.74, 6) is -3.92. The summed E-state index contributed by atoms with van der Waals surface area (Å²) in [4.78, 5) is 84.4. The molecule has 0 bridgehead atoms. The number of hydrogen-bond acceptors (Lipinski definition) is 14. The molecule has 0 fully saturated rings. The van der Waals surface area contributed by atoms with Gasteiger partial charge in [-0.2, -0.15) is 23.5 Å². The third-order valence-corrected chi connectivity index (χ3v) is 14.2. The zero-order valence-corrected chi connectivity index (χ0v) is 44.6. The molecule has 396 valence electrons. The van der Waals surface area contributed by atoms with E-state index in [1.807, 2.05) is 122 Å². The molecule has 0 unspecified atom stereocenters. The lowest BCUT2D eigenvalue weighted by Crippen LogP contribution is -2.42. The van der Waals surface area contributed by atoms with Crippen molar-refractivity contribution >= 4 is 92.9 Å². The maximum Gasteiger partial charge on any atom is 0.408 e. The van der Waals surface area contributed by atoms with E-state index in [2.05, 4.69) is 10.6 Å². The fourth-order valence-electron chi connectivity index (χ4n) is 9.33. The summed E-state index contributed by atoms with van der Waals surface area (Å²) >= 11 is 2.91. The van der Waals surface area contributed by atoms with Crippen molar-refractivity contribution in [3.8, 4) is 0 Å². The summed E-state index contributed by atoms with van der Waals surface area (Å²) in [5, 5.41) is 8.75. The summed E-state index contributed by atoms with van der Waals surface area (Å²) in [7, 11) is 2.94. The number of methoxy groups -OCH3 is 2. The van der Waals surface area contributed by atoms with E-state index in [1.165, 1.54) is 37.7 Å². The predicted molar refractivity (Wildman–Crippen MR) is 299 cm³/mol. The number of nitrogens with one attached hydrogen (secondary N) is 2. The maximum atomic E-state index is 14.6. The third-order valence-electron chi connectivity index (χ3n) is 13.0. The number of esters is 2. The molecule has 77 heavy (non-hydrogen) atoms. The molecule has 6 aromatic carbocycles. The minimum absolute atomic E-state index is 0.0421. The lowest BCUT2D eigenvalue weighted by molar-refractivity contribution is -0.143. The number of thioether (sulfide) groups is 2. The molecule has 14 nitrogen and oxygen atoms in total. The topological polar surface area (TPSA) is 182 Å². The van der Waals surface area contributed by atoms with E-state index in [0.717, 1.165) is 56.0 Å². The van der Waals surface area contributed by atoms with E-state index in [-0.39, 0.29) is 37.6 Å². The zero-order valence-electron chi connectivity index (χ0n) is 43.0. The Morgan fingerprint density at radius 2 is 0.909 bits per heavy atom. The third kappa shape index (κ3) is 13.9. The molecule has 2 aliphatic rings. The molecule has 0 aliphatic heterocycles. The van der Waals surface area contributed by atoms with E-state index in [9.17, 15) is 28.8 Å². The highest BCUT2D eigenvalue weighted by molar-refractivity contribution is 7.98. The van der Waals surface area contributed by atoms with Crippen LogP contribution in [0.15, 0.2) is 169 Å². The van der Waals surface area contributed by atoms with Crippen LogP contribution in [0.3, 0.4) is 0 Å². The number of carbonyl (C=O) groups excluding carboxylic acids is 6. The highest BCUT2D eigenvalue weighted by Gasteiger charge is 2.36. The van der Waals surface area contributed by atoms with Gasteiger partial charge < -0.3 is 39.1 Å². The van der Waals surface area contributed by atoms with Crippen LogP contribution in [0, 0.1) is 0 Å². The van der Waals surface area contributed by atoms with E-state index in [1.54, 1.807) is 36.4 Å². The van der Waals surface area contributed by atoms with Gasteiger partial charge in [-0.15, -0.1) is 0 Å². The number of rotatable bonds is 24. The molecule has 0 saturated carbocycles. The summed E-state index contributed by atoms with van der Waals surface area (Å²) in [6.45, 7) is -0.0841. The van der Waals surface area contributed by atoms with Crippen LogP contribution in [0.4, 0.5) is 9.59 Å². The second-order valence-electron chi connectivity index (χ2n) is 18.1. The molecule has 0 spiro atoms. The number of benzene rings is 6. The Kier molecular flexibility index (Phi) is 19.1. The van der Waals surface area contributed by atoms with Gasteiger partial charge in [0.15, 0.2) is 11.6 Å². The fourth-order valence-corrected chi connectivity index (χ4v) is 10.3. The standard InChI is InChI=1S/C61H58N2O12S2/c1-70-50-31-42-23-11-19-40-21-13-25-46(54(40)42)56(50)52(74-58(66)48(27-29-76-3)62-60(68)72-36-38-15-7-5-8-16-38)34-44(64)33-45(65)35-53(57-47-26-14-22-41-20-12-24-43(55(41)47)32-51(57)71-2)75-59(67)49(28-30-77-4)63-61(69)73-37-39-17-9-6-10-18-39/h5-26,31-32,34-35,48-49,56-57H,27-30,33,36-37H2,1-4H3,(H,62,68)(H,63,69)/b52-34+,53-35+/t48-,49-,56-,57-/m0/s1. The fraction of sp³-hybridized carbons (Fsp3) is 0.246. The Morgan fingerprint density at radius 1 is 0.519 bits per heavy atom. The van der Waals surface area contributed by atoms with Gasteiger partial charge in [-0.05, 0) is 104 Å². The number of allylic oxidation sites excluding steroid dienone is 2. The van der Waals surface area contributed by atoms with E-state index in [4.69, 9.17) is 28.4 Å². The van der Waals surface area contributed by atoms with Crippen molar-refractivity contribution in [1.82, 2.24) is 10.6 Å². The van der Waals surface area contributed by atoms with Gasteiger partial charge >= 0.3 is 24.1 Å².